The number of H-pyrrole nitrogens is 1. The van der Waals surface area contributed by atoms with Crippen LogP contribution in [0.15, 0.2) is 11.3 Å². The molecule has 0 bridgehead atoms. The number of hydrogen-bond acceptors (Lipinski definition) is 2. The van der Waals surface area contributed by atoms with E-state index in [0.717, 1.165) is 11.4 Å². The average molecular weight is 135 g/mol. The van der Waals surface area contributed by atoms with Crippen LogP contribution in [-0.2, 0) is 11.2 Å². The summed E-state index contributed by atoms with van der Waals surface area (Å²) >= 11 is 0. The van der Waals surface area contributed by atoms with Crippen LogP contribution in [0.1, 0.15) is 11.4 Å². The second kappa shape index (κ2) is 1.76. The summed E-state index contributed by atoms with van der Waals surface area (Å²) in [5.41, 5.74) is 1.64. The molecular weight excluding hydrogens is 130 g/mol. The van der Waals surface area contributed by atoms with Gasteiger partial charge in [0, 0.05) is 0 Å². The number of aromatic amines is 1. The lowest BCUT2D eigenvalue weighted by atomic mass is 10.2. The van der Waals surface area contributed by atoms with Crippen molar-refractivity contribution in [2.45, 2.75) is 6.42 Å². The molecule has 1 N–H and O–H groups in total. The van der Waals surface area contributed by atoms with E-state index in [4.69, 9.17) is 0 Å². The lowest BCUT2D eigenvalue weighted by molar-refractivity contribution is -0.117. The van der Waals surface area contributed by atoms with Crippen LogP contribution in [0, 0.1) is 0 Å². The van der Waals surface area contributed by atoms with Crippen LogP contribution >= 0.6 is 0 Å². The summed E-state index contributed by atoms with van der Waals surface area (Å²) in [5, 5.41) is 0. The zero-order valence-corrected chi connectivity index (χ0v) is 5.16. The number of carbonyl (C=O) groups is 1. The molecule has 2 rings (SSSR count). The third-order valence-electron chi connectivity index (χ3n) is 1.41. The number of aliphatic imine (C=N–C) groups is 1. The van der Waals surface area contributed by atoms with Crippen molar-refractivity contribution in [3.63, 3.8) is 0 Å². The molecule has 4 nitrogen and oxygen atoms in total. The second-order valence-corrected chi connectivity index (χ2v) is 2.10. The van der Waals surface area contributed by atoms with E-state index in [1.807, 2.05) is 0 Å². The van der Waals surface area contributed by atoms with Crippen molar-refractivity contribution < 1.29 is 4.79 Å². The maximum Gasteiger partial charge on any atom is 0.251 e. The Morgan fingerprint density at radius 2 is 2.50 bits per heavy atom. The standard InChI is InChI=1S/C6H5N3O/c10-6-1-4-5(2-7-6)9-3-8-4/h2-3H,1H2,(H,8,9). The molecule has 1 aliphatic rings. The second-order valence-electron chi connectivity index (χ2n) is 2.10. The first-order valence-electron chi connectivity index (χ1n) is 2.95. The van der Waals surface area contributed by atoms with Gasteiger partial charge in [-0.15, -0.1) is 0 Å². The Balaban J connectivity index is 2.52. The SMILES string of the molecule is O=C1Cc2[nH]cnc2C=N1. The zero-order valence-electron chi connectivity index (χ0n) is 5.16. The van der Waals surface area contributed by atoms with Crippen molar-refractivity contribution >= 4 is 12.1 Å². The minimum Gasteiger partial charge on any atom is -0.347 e. The normalized spacial score (nSPS) is 15.4. The molecule has 1 aromatic rings. The van der Waals surface area contributed by atoms with E-state index in [2.05, 4.69) is 15.0 Å². The molecule has 0 radical (unpaired) electrons. The maximum atomic E-state index is 10.7. The van der Waals surface area contributed by atoms with Crippen molar-refractivity contribution in [2.24, 2.45) is 4.99 Å². The molecule has 10 heavy (non-hydrogen) atoms. The number of amides is 1. The van der Waals surface area contributed by atoms with E-state index in [0.29, 0.717) is 6.42 Å². The van der Waals surface area contributed by atoms with Crippen LogP contribution in [0.25, 0.3) is 0 Å². The van der Waals surface area contributed by atoms with Gasteiger partial charge in [-0.2, -0.15) is 0 Å². The van der Waals surface area contributed by atoms with Crippen LogP contribution in [-0.4, -0.2) is 22.1 Å². The van der Waals surface area contributed by atoms with E-state index < -0.39 is 0 Å². The molecule has 0 saturated heterocycles. The van der Waals surface area contributed by atoms with E-state index >= 15 is 0 Å². The summed E-state index contributed by atoms with van der Waals surface area (Å²) in [6.07, 6.45) is 3.40. The smallest absolute Gasteiger partial charge is 0.251 e. The monoisotopic (exact) mass is 135 g/mol. The van der Waals surface area contributed by atoms with Crippen LogP contribution < -0.4 is 0 Å². The van der Waals surface area contributed by atoms with Crippen molar-refractivity contribution in [2.75, 3.05) is 0 Å². The summed E-state index contributed by atoms with van der Waals surface area (Å²) in [6.45, 7) is 0. The Bertz CT molecular complexity index is 300. The molecule has 0 aromatic carbocycles. The van der Waals surface area contributed by atoms with Crippen LogP contribution in [0.5, 0.6) is 0 Å². The predicted octanol–water partition coefficient (Wildman–Crippen LogP) is -0.0887. The molecule has 0 spiro atoms. The third-order valence-corrected chi connectivity index (χ3v) is 1.41. The highest BCUT2D eigenvalue weighted by atomic mass is 16.1. The molecule has 1 aromatic heterocycles. The van der Waals surface area contributed by atoms with Crippen LogP contribution in [0.2, 0.25) is 0 Å². The van der Waals surface area contributed by atoms with Gasteiger partial charge in [0.15, 0.2) is 0 Å². The fraction of sp³-hybridized carbons (Fsp3) is 0.167. The fourth-order valence-corrected chi connectivity index (χ4v) is 0.914. The number of hydrogen-bond donors (Lipinski definition) is 1. The Hall–Kier alpha value is -1.45. The molecule has 1 amide bonds. The maximum absolute atomic E-state index is 10.7. The molecule has 50 valence electrons. The topological polar surface area (TPSA) is 58.1 Å². The van der Waals surface area contributed by atoms with Crippen molar-refractivity contribution in [1.29, 1.82) is 0 Å². The highest BCUT2D eigenvalue weighted by molar-refractivity contribution is 5.96. The molecule has 0 unspecified atom stereocenters. The van der Waals surface area contributed by atoms with Gasteiger partial charge in [0.05, 0.1) is 24.7 Å². The molecule has 0 atom stereocenters. The first kappa shape index (κ1) is 5.34. The number of fused-ring (bicyclic) bond motifs is 1. The summed E-state index contributed by atoms with van der Waals surface area (Å²) in [5.74, 6) is -0.114. The lowest BCUT2D eigenvalue weighted by Crippen LogP contribution is -2.08. The molecule has 4 heteroatoms. The number of nitrogens with one attached hydrogen (secondary N) is 1. The van der Waals surface area contributed by atoms with Gasteiger partial charge in [0.25, 0.3) is 5.91 Å². The van der Waals surface area contributed by atoms with Crippen LogP contribution in [0.4, 0.5) is 0 Å². The lowest BCUT2D eigenvalue weighted by Gasteiger charge is -1.98. The van der Waals surface area contributed by atoms with Gasteiger partial charge in [-0.3, -0.25) is 4.79 Å². The molecular formula is C6H5N3O. The number of aromatic nitrogens is 2. The number of carbonyl (C=O) groups excluding carboxylic acids is 1. The van der Waals surface area contributed by atoms with Gasteiger partial charge in [0.1, 0.15) is 5.69 Å². The summed E-state index contributed by atoms with van der Waals surface area (Å²) in [4.78, 5) is 21.1. The van der Waals surface area contributed by atoms with Gasteiger partial charge in [-0.1, -0.05) is 0 Å². The van der Waals surface area contributed by atoms with Crippen molar-refractivity contribution in [1.82, 2.24) is 9.97 Å². The van der Waals surface area contributed by atoms with Crippen molar-refractivity contribution in [3.8, 4) is 0 Å². The Kier molecular flexibility index (Phi) is 0.943. The molecule has 2 heterocycles. The highest BCUT2D eigenvalue weighted by Gasteiger charge is 2.12. The van der Waals surface area contributed by atoms with Crippen molar-refractivity contribution in [3.05, 3.63) is 17.7 Å². The number of imidazole rings is 1. The summed E-state index contributed by atoms with van der Waals surface area (Å²) < 4.78 is 0. The quantitative estimate of drug-likeness (QED) is 0.540. The zero-order chi connectivity index (χ0) is 6.97. The Morgan fingerprint density at radius 3 is 3.40 bits per heavy atom. The predicted molar refractivity (Wildman–Crippen MR) is 34.9 cm³/mol. The number of rotatable bonds is 0. The molecule has 0 fully saturated rings. The molecule has 0 aliphatic carbocycles. The van der Waals surface area contributed by atoms with Crippen LogP contribution in [0.3, 0.4) is 0 Å². The summed E-state index contributed by atoms with van der Waals surface area (Å²) in [6, 6.07) is 0. The Morgan fingerprint density at radius 1 is 1.60 bits per heavy atom. The molecule has 0 saturated carbocycles. The first-order valence-corrected chi connectivity index (χ1v) is 2.95. The van der Waals surface area contributed by atoms with E-state index in [9.17, 15) is 4.79 Å². The Labute approximate surface area is 57.0 Å². The molecule has 1 aliphatic heterocycles. The minimum absolute atomic E-state index is 0.114. The van der Waals surface area contributed by atoms with Gasteiger partial charge in [0.2, 0.25) is 0 Å². The van der Waals surface area contributed by atoms with Gasteiger partial charge in [-0.05, 0) is 0 Å². The van der Waals surface area contributed by atoms with Gasteiger partial charge in [-0.25, -0.2) is 9.98 Å². The summed E-state index contributed by atoms with van der Waals surface area (Å²) in [7, 11) is 0. The third kappa shape index (κ3) is 0.655. The number of nitrogens with zero attached hydrogens (tertiary/aromatic N) is 2. The van der Waals surface area contributed by atoms with Gasteiger partial charge >= 0.3 is 0 Å². The van der Waals surface area contributed by atoms with E-state index in [1.165, 1.54) is 6.21 Å². The van der Waals surface area contributed by atoms with E-state index in [-0.39, 0.29) is 5.91 Å². The fourth-order valence-electron chi connectivity index (χ4n) is 0.914. The van der Waals surface area contributed by atoms with E-state index in [1.54, 1.807) is 6.33 Å². The largest absolute Gasteiger partial charge is 0.347 e. The highest BCUT2D eigenvalue weighted by Crippen LogP contribution is 2.06. The van der Waals surface area contributed by atoms with Gasteiger partial charge < -0.3 is 4.98 Å². The average Bonchev–Trinajstić information content (AvgIpc) is 2.33. The first-order chi connectivity index (χ1) is 4.86. The minimum atomic E-state index is -0.114.